The summed E-state index contributed by atoms with van der Waals surface area (Å²) in [5.74, 6) is -1.09. The highest BCUT2D eigenvalue weighted by molar-refractivity contribution is 5.90. The zero-order valence-electron chi connectivity index (χ0n) is 12.8. The van der Waals surface area contributed by atoms with E-state index in [-0.39, 0.29) is 17.8 Å². The van der Waals surface area contributed by atoms with Gasteiger partial charge in [0.25, 0.3) is 0 Å². The van der Waals surface area contributed by atoms with Crippen LogP contribution in [0.3, 0.4) is 0 Å². The predicted molar refractivity (Wildman–Crippen MR) is 81.6 cm³/mol. The molecule has 0 radical (unpaired) electrons. The number of nitrogens with zero attached hydrogens (tertiary/aromatic N) is 2. The third-order valence-electron chi connectivity index (χ3n) is 3.12. The first-order valence-electron chi connectivity index (χ1n) is 7.22. The van der Waals surface area contributed by atoms with Gasteiger partial charge in [-0.1, -0.05) is 19.8 Å². The summed E-state index contributed by atoms with van der Waals surface area (Å²) >= 11 is 0. The van der Waals surface area contributed by atoms with E-state index in [4.69, 9.17) is 5.11 Å². The summed E-state index contributed by atoms with van der Waals surface area (Å²) in [6.07, 6.45) is 4.52. The number of amides is 2. The lowest BCUT2D eigenvalue weighted by molar-refractivity contribution is 0.0690. The Morgan fingerprint density at radius 3 is 2.52 bits per heavy atom. The summed E-state index contributed by atoms with van der Waals surface area (Å²) in [5.41, 5.74) is 0.447. The summed E-state index contributed by atoms with van der Waals surface area (Å²) in [6.45, 7) is 6.77. The van der Waals surface area contributed by atoms with Gasteiger partial charge in [0.1, 0.15) is 5.69 Å². The van der Waals surface area contributed by atoms with Gasteiger partial charge in [0.05, 0.1) is 11.9 Å². The minimum Gasteiger partial charge on any atom is -0.477 e. The Balaban J connectivity index is 2.65. The maximum atomic E-state index is 12.2. The normalized spacial score (nSPS) is 10.5. The first-order chi connectivity index (χ1) is 9.95. The molecule has 0 aliphatic heterocycles. The van der Waals surface area contributed by atoms with Gasteiger partial charge in [0.15, 0.2) is 0 Å². The van der Waals surface area contributed by atoms with E-state index in [0.717, 1.165) is 19.3 Å². The molecule has 0 aliphatic rings. The van der Waals surface area contributed by atoms with Crippen LogP contribution in [0, 0.1) is 0 Å². The number of carboxylic acid groups (broad SMARTS) is 1. The van der Waals surface area contributed by atoms with Crippen LogP contribution in [0.2, 0.25) is 0 Å². The van der Waals surface area contributed by atoms with Crippen molar-refractivity contribution in [3.8, 4) is 0 Å². The number of urea groups is 1. The third-order valence-corrected chi connectivity index (χ3v) is 3.12. The lowest BCUT2D eigenvalue weighted by atomic mass is 10.2. The molecule has 0 unspecified atom stereocenters. The number of unbranched alkanes of at least 4 members (excludes halogenated alkanes) is 2. The van der Waals surface area contributed by atoms with Crippen LogP contribution in [0.4, 0.5) is 10.5 Å². The third kappa shape index (κ3) is 5.41. The molecule has 116 valence electrons. The molecular weight excluding hydrogens is 270 g/mol. The molecule has 1 heterocycles. The number of aromatic carboxylic acids is 1. The standard InChI is InChI=1S/C15H23N3O3/c1-4-5-6-9-18(11(2)3)15(21)17-12-7-8-13(14(19)20)16-10-12/h7-8,10-11H,4-6,9H2,1-3H3,(H,17,21)(H,19,20). The summed E-state index contributed by atoms with van der Waals surface area (Å²) in [5, 5.41) is 11.5. The molecule has 6 heteroatoms. The number of rotatable bonds is 7. The molecule has 1 rings (SSSR count). The molecule has 0 aromatic carbocycles. The van der Waals surface area contributed by atoms with Crippen LogP contribution in [0.1, 0.15) is 50.5 Å². The van der Waals surface area contributed by atoms with E-state index >= 15 is 0 Å². The highest BCUT2D eigenvalue weighted by atomic mass is 16.4. The fourth-order valence-electron chi connectivity index (χ4n) is 1.92. The summed E-state index contributed by atoms with van der Waals surface area (Å²) in [6, 6.07) is 2.83. The van der Waals surface area contributed by atoms with Crippen molar-refractivity contribution >= 4 is 17.7 Å². The Morgan fingerprint density at radius 2 is 2.05 bits per heavy atom. The lowest BCUT2D eigenvalue weighted by Gasteiger charge is -2.27. The van der Waals surface area contributed by atoms with E-state index in [1.54, 1.807) is 11.0 Å². The number of carbonyl (C=O) groups excluding carboxylic acids is 1. The van der Waals surface area contributed by atoms with E-state index in [9.17, 15) is 9.59 Å². The first kappa shape index (κ1) is 16.9. The van der Waals surface area contributed by atoms with Crippen molar-refractivity contribution in [1.29, 1.82) is 0 Å². The Hall–Kier alpha value is -2.11. The van der Waals surface area contributed by atoms with Gasteiger partial charge in [-0.3, -0.25) is 0 Å². The van der Waals surface area contributed by atoms with Crippen LogP contribution in [0.15, 0.2) is 18.3 Å². The van der Waals surface area contributed by atoms with Gasteiger partial charge in [-0.25, -0.2) is 14.6 Å². The van der Waals surface area contributed by atoms with Crippen molar-refractivity contribution in [2.24, 2.45) is 0 Å². The molecule has 1 aromatic rings. The molecule has 1 aromatic heterocycles. The Bertz CT molecular complexity index is 472. The van der Waals surface area contributed by atoms with Crippen molar-refractivity contribution < 1.29 is 14.7 Å². The number of pyridine rings is 1. The predicted octanol–water partition coefficient (Wildman–Crippen LogP) is 3.21. The maximum absolute atomic E-state index is 12.2. The van der Waals surface area contributed by atoms with Gasteiger partial charge in [0, 0.05) is 12.6 Å². The average Bonchev–Trinajstić information content (AvgIpc) is 2.43. The van der Waals surface area contributed by atoms with Crippen molar-refractivity contribution in [2.75, 3.05) is 11.9 Å². The fourth-order valence-corrected chi connectivity index (χ4v) is 1.92. The molecular formula is C15H23N3O3. The zero-order valence-corrected chi connectivity index (χ0v) is 12.8. The SMILES string of the molecule is CCCCCN(C(=O)Nc1ccc(C(=O)O)nc1)C(C)C. The van der Waals surface area contributed by atoms with Crippen molar-refractivity contribution in [3.05, 3.63) is 24.0 Å². The molecule has 0 atom stereocenters. The van der Waals surface area contributed by atoms with Crippen LogP contribution in [0.25, 0.3) is 0 Å². The van der Waals surface area contributed by atoms with Gasteiger partial charge in [-0.05, 0) is 32.4 Å². The van der Waals surface area contributed by atoms with E-state index in [1.165, 1.54) is 12.3 Å². The van der Waals surface area contributed by atoms with E-state index in [1.807, 2.05) is 13.8 Å². The van der Waals surface area contributed by atoms with Crippen LogP contribution in [-0.4, -0.2) is 39.6 Å². The molecule has 0 spiro atoms. The first-order valence-corrected chi connectivity index (χ1v) is 7.22. The lowest BCUT2D eigenvalue weighted by Crippen LogP contribution is -2.40. The largest absolute Gasteiger partial charge is 0.477 e. The van der Waals surface area contributed by atoms with Crippen LogP contribution in [0.5, 0.6) is 0 Å². The van der Waals surface area contributed by atoms with Gasteiger partial charge in [0.2, 0.25) is 0 Å². The minimum atomic E-state index is -1.09. The van der Waals surface area contributed by atoms with Crippen molar-refractivity contribution in [2.45, 2.75) is 46.1 Å². The number of hydrogen-bond donors (Lipinski definition) is 2. The highest BCUT2D eigenvalue weighted by Gasteiger charge is 2.16. The Morgan fingerprint density at radius 1 is 1.33 bits per heavy atom. The summed E-state index contributed by atoms with van der Waals surface area (Å²) in [7, 11) is 0. The van der Waals surface area contributed by atoms with Crippen LogP contribution >= 0.6 is 0 Å². The summed E-state index contributed by atoms with van der Waals surface area (Å²) < 4.78 is 0. The molecule has 2 amide bonds. The molecule has 0 fully saturated rings. The van der Waals surface area contributed by atoms with Gasteiger partial charge >= 0.3 is 12.0 Å². The van der Waals surface area contributed by atoms with E-state index in [2.05, 4.69) is 17.2 Å². The smallest absolute Gasteiger partial charge is 0.354 e. The van der Waals surface area contributed by atoms with Gasteiger partial charge in [-0.15, -0.1) is 0 Å². The van der Waals surface area contributed by atoms with Crippen LogP contribution < -0.4 is 5.32 Å². The molecule has 0 bridgehead atoms. The summed E-state index contributed by atoms with van der Waals surface area (Å²) in [4.78, 5) is 28.5. The average molecular weight is 293 g/mol. The molecule has 0 aliphatic carbocycles. The second-order valence-corrected chi connectivity index (χ2v) is 5.16. The molecule has 2 N–H and O–H groups in total. The Kier molecular flexibility index (Phi) is 6.65. The van der Waals surface area contributed by atoms with Crippen LogP contribution in [-0.2, 0) is 0 Å². The highest BCUT2D eigenvalue weighted by Crippen LogP contribution is 2.10. The fraction of sp³-hybridized carbons (Fsp3) is 0.533. The monoisotopic (exact) mass is 293 g/mol. The van der Waals surface area contributed by atoms with Crippen molar-refractivity contribution in [1.82, 2.24) is 9.88 Å². The van der Waals surface area contributed by atoms with Gasteiger partial charge < -0.3 is 15.3 Å². The molecule has 6 nitrogen and oxygen atoms in total. The number of aromatic nitrogens is 1. The quantitative estimate of drug-likeness (QED) is 0.756. The number of hydrogen-bond acceptors (Lipinski definition) is 3. The minimum absolute atomic E-state index is 0.0448. The molecule has 21 heavy (non-hydrogen) atoms. The second kappa shape index (κ2) is 8.24. The number of nitrogens with one attached hydrogen (secondary N) is 1. The topological polar surface area (TPSA) is 82.5 Å². The molecule has 0 saturated heterocycles. The maximum Gasteiger partial charge on any atom is 0.354 e. The molecule has 0 saturated carbocycles. The van der Waals surface area contributed by atoms with E-state index in [0.29, 0.717) is 12.2 Å². The van der Waals surface area contributed by atoms with Gasteiger partial charge in [-0.2, -0.15) is 0 Å². The second-order valence-electron chi connectivity index (χ2n) is 5.16. The van der Waals surface area contributed by atoms with E-state index < -0.39 is 5.97 Å². The Labute approximate surface area is 125 Å². The zero-order chi connectivity index (χ0) is 15.8. The number of carboxylic acids is 1. The number of carbonyl (C=O) groups is 2. The van der Waals surface area contributed by atoms with Crippen molar-refractivity contribution in [3.63, 3.8) is 0 Å². The number of anilines is 1.